The Labute approximate surface area is 95.3 Å². The Morgan fingerprint density at radius 1 is 1.67 bits per heavy atom. The molecule has 0 bridgehead atoms. The predicted molar refractivity (Wildman–Crippen MR) is 60.9 cm³/mol. The minimum absolute atomic E-state index is 0.129. The third-order valence-electron chi connectivity index (χ3n) is 3.28. The smallest absolute Gasteiger partial charge is 0.0621 e. The van der Waals surface area contributed by atoms with Crippen LogP contribution in [0.2, 0.25) is 5.02 Å². The van der Waals surface area contributed by atoms with Gasteiger partial charge in [-0.3, -0.25) is 4.98 Å². The van der Waals surface area contributed by atoms with Gasteiger partial charge >= 0.3 is 0 Å². The lowest BCUT2D eigenvalue weighted by molar-refractivity contribution is 0.163. The molecule has 0 saturated heterocycles. The monoisotopic (exact) mass is 225 g/mol. The molecule has 2 nitrogen and oxygen atoms in total. The highest BCUT2D eigenvalue weighted by Crippen LogP contribution is 2.41. The molecule has 0 aliphatic heterocycles. The number of aliphatic hydroxyl groups is 1. The highest BCUT2D eigenvalue weighted by molar-refractivity contribution is 6.31. The second-order valence-corrected chi connectivity index (χ2v) is 5.26. The van der Waals surface area contributed by atoms with E-state index in [1.54, 1.807) is 12.4 Å². The molecule has 82 valence electrons. The van der Waals surface area contributed by atoms with Gasteiger partial charge in [0.1, 0.15) is 0 Å². The fourth-order valence-corrected chi connectivity index (χ4v) is 2.64. The Balaban J connectivity index is 2.12. The van der Waals surface area contributed by atoms with Crippen LogP contribution in [0.3, 0.4) is 0 Å². The number of pyridine rings is 1. The summed E-state index contributed by atoms with van der Waals surface area (Å²) in [5.41, 5.74) is 1.34. The molecular weight excluding hydrogens is 210 g/mol. The third kappa shape index (κ3) is 2.50. The number of hydrogen-bond acceptors (Lipinski definition) is 2. The van der Waals surface area contributed by atoms with Gasteiger partial charge < -0.3 is 5.11 Å². The first-order chi connectivity index (χ1) is 7.09. The van der Waals surface area contributed by atoms with Crippen molar-refractivity contribution in [3.63, 3.8) is 0 Å². The van der Waals surface area contributed by atoms with E-state index in [2.05, 4.69) is 11.9 Å². The van der Waals surface area contributed by atoms with Crippen LogP contribution in [-0.4, -0.2) is 16.2 Å². The van der Waals surface area contributed by atoms with E-state index in [4.69, 9.17) is 11.6 Å². The minimum Gasteiger partial charge on any atom is -0.393 e. The Morgan fingerprint density at radius 3 is 3.07 bits per heavy atom. The normalized spacial score (nSPS) is 30.7. The van der Waals surface area contributed by atoms with Crippen molar-refractivity contribution in [3.8, 4) is 0 Å². The quantitative estimate of drug-likeness (QED) is 0.840. The van der Waals surface area contributed by atoms with Crippen molar-refractivity contribution < 1.29 is 5.11 Å². The fraction of sp³-hybridized carbons (Fsp3) is 0.583. The summed E-state index contributed by atoms with van der Waals surface area (Å²) in [5, 5.41) is 10.3. The molecule has 2 rings (SSSR count). The standard InChI is InChI=1S/C12H16ClNO/c1-12(4-2-10(15)7-12)6-9-3-5-14-8-11(9)13/h3,5,8,10,15H,2,4,6-7H2,1H3. The molecule has 15 heavy (non-hydrogen) atoms. The summed E-state index contributed by atoms with van der Waals surface area (Å²) in [5.74, 6) is 0. The third-order valence-corrected chi connectivity index (χ3v) is 3.62. The Bertz CT molecular complexity index is 355. The van der Waals surface area contributed by atoms with Crippen LogP contribution in [0.4, 0.5) is 0 Å². The van der Waals surface area contributed by atoms with Crippen LogP contribution in [0.5, 0.6) is 0 Å². The first kappa shape index (κ1) is 10.9. The van der Waals surface area contributed by atoms with Gasteiger partial charge in [0.25, 0.3) is 0 Å². The number of hydrogen-bond donors (Lipinski definition) is 1. The minimum atomic E-state index is -0.129. The Hall–Kier alpha value is -0.600. The van der Waals surface area contributed by atoms with Crippen molar-refractivity contribution in [1.82, 2.24) is 4.98 Å². The maximum atomic E-state index is 9.57. The molecule has 2 atom stereocenters. The molecule has 2 unspecified atom stereocenters. The van der Waals surface area contributed by atoms with Crippen LogP contribution >= 0.6 is 11.6 Å². The maximum Gasteiger partial charge on any atom is 0.0621 e. The van der Waals surface area contributed by atoms with Gasteiger partial charge in [-0.25, -0.2) is 0 Å². The highest BCUT2D eigenvalue weighted by Gasteiger charge is 2.34. The van der Waals surface area contributed by atoms with Gasteiger partial charge in [-0.05, 0) is 42.7 Å². The van der Waals surface area contributed by atoms with E-state index in [0.717, 1.165) is 36.3 Å². The summed E-state index contributed by atoms with van der Waals surface area (Å²) in [6.07, 6.45) is 7.14. The Kier molecular flexibility index (Phi) is 2.98. The predicted octanol–water partition coefficient (Wildman–Crippen LogP) is 2.83. The molecule has 1 aromatic heterocycles. The van der Waals surface area contributed by atoms with E-state index < -0.39 is 0 Å². The summed E-state index contributed by atoms with van der Waals surface area (Å²) in [6, 6.07) is 1.97. The van der Waals surface area contributed by atoms with E-state index in [1.807, 2.05) is 6.07 Å². The molecule has 1 fully saturated rings. The van der Waals surface area contributed by atoms with Gasteiger partial charge in [-0.1, -0.05) is 18.5 Å². The summed E-state index contributed by atoms with van der Waals surface area (Å²) < 4.78 is 0. The summed E-state index contributed by atoms with van der Waals surface area (Å²) >= 11 is 6.08. The zero-order chi connectivity index (χ0) is 10.9. The maximum absolute atomic E-state index is 9.57. The molecule has 1 aromatic rings. The van der Waals surface area contributed by atoms with E-state index in [0.29, 0.717) is 0 Å². The van der Waals surface area contributed by atoms with E-state index in [-0.39, 0.29) is 11.5 Å². The van der Waals surface area contributed by atoms with Gasteiger partial charge in [0.05, 0.1) is 11.1 Å². The molecule has 0 radical (unpaired) electrons. The molecule has 1 aliphatic carbocycles. The van der Waals surface area contributed by atoms with E-state index in [1.165, 1.54) is 0 Å². The van der Waals surface area contributed by atoms with Crippen molar-refractivity contribution in [2.75, 3.05) is 0 Å². The van der Waals surface area contributed by atoms with Crippen LogP contribution < -0.4 is 0 Å². The highest BCUT2D eigenvalue weighted by atomic mass is 35.5. The van der Waals surface area contributed by atoms with E-state index >= 15 is 0 Å². The first-order valence-electron chi connectivity index (χ1n) is 5.35. The van der Waals surface area contributed by atoms with Crippen LogP contribution in [-0.2, 0) is 6.42 Å². The zero-order valence-electron chi connectivity index (χ0n) is 8.91. The number of nitrogens with zero attached hydrogens (tertiary/aromatic N) is 1. The summed E-state index contributed by atoms with van der Waals surface area (Å²) in [6.45, 7) is 2.22. The molecule has 3 heteroatoms. The molecular formula is C12H16ClNO. The van der Waals surface area contributed by atoms with Crippen molar-refractivity contribution in [3.05, 3.63) is 29.0 Å². The van der Waals surface area contributed by atoms with Crippen LogP contribution in [0.25, 0.3) is 0 Å². The van der Waals surface area contributed by atoms with Gasteiger partial charge in [-0.2, -0.15) is 0 Å². The van der Waals surface area contributed by atoms with Crippen molar-refractivity contribution in [2.45, 2.75) is 38.7 Å². The summed E-state index contributed by atoms with van der Waals surface area (Å²) in [7, 11) is 0. The number of aromatic nitrogens is 1. The molecule has 1 saturated carbocycles. The lowest BCUT2D eigenvalue weighted by Crippen LogP contribution is -2.17. The van der Waals surface area contributed by atoms with Gasteiger partial charge in [-0.15, -0.1) is 0 Å². The first-order valence-corrected chi connectivity index (χ1v) is 5.73. The summed E-state index contributed by atoms with van der Waals surface area (Å²) in [4.78, 5) is 3.98. The molecule has 1 heterocycles. The topological polar surface area (TPSA) is 33.1 Å². The zero-order valence-corrected chi connectivity index (χ0v) is 9.67. The number of halogens is 1. The Morgan fingerprint density at radius 2 is 2.47 bits per heavy atom. The van der Waals surface area contributed by atoms with Gasteiger partial charge in [0.2, 0.25) is 0 Å². The average molecular weight is 226 g/mol. The average Bonchev–Trinajstić information content (AvgIpc) is 2.51. The lowest BCUT2D eigenvalue weighted by atomic mass is 9.82. The molecule has 1 N–H and O–H groups in total. The molecule has 1 aliphatic rings. The molecule has 0 spiro atoms. The molecule has 0 aromatic carbocycles. The fourth-order valence-electron chi connectivity index (χ4n) is 2.46. The second-order valence-electron chi connectivity index (χ2n) is 4.85. The van der Waals surface area contributed by atoms with Crippen molar-refractivity contribution in [2.24, 2.45) is 5.41 Å². The van der Waals surface area contributed by atoms with E-state index in [9.17, 15) is 5.11 Å². The van der Waals surface area contributed by atoms with Crippen LogP contribution in [0.15, 0.2) is 18.5 Å². The van der Waals surface area contributed by atoms with Gasteiger partial charge in [0.15, 0.2) is 0 Å². The number of aliphatic hydroxyl groups excluding tert-OH is 1. The van der Waals surface area contributed by atoms with Crippen LogP contribution in [0, 0.1) is 5.41 Å². The SMILES string of the molecule is CC1(Cc2ccncc2Cl)CCC(O)C1. The molecule has 0 amide bonds. The van der Waals surface area contributed by atoms with Crippen molar-refractivity contribution in [1.29, 1.82) is 0 Å². The van der Waals surface area contributed by atoms with Crippen LogP contribution in [0.1, 0.15) is 31.7 Å². The van der Waals surface area contributed by atoms with Crippen molar-refractivity contribution >= 4 is 11.6 Å². The lowest BCUT2D eigenvalue weighted by Gasteiger charge is -2.23. The van der Waals surface area contributed by atoms with Gasteiger partial charge in [0, 0.05) is 12.4 Å². The number of rotatable bonds is 2. The second kappa shape index (κ2) is 4.11. The largest absolute Gasteiger partial charge is 0.393 e.